The lowest BCUT2D eigenvalue weighted by Gasteiger charge is -2.28. The van der Waals surface area contributed by atoms with Crippen molar-refractivity contribution in [1.82, 2.24) is 10.6 Å². The highest BCUT2D eigenvalue weighted by Crippen LogP contribution is 2.27. The standard InChI is InChI=1S/C19H23ClN2O5S/c1-3-13-17(18(24)26-4-2)14(22-19(25)21-13)11-27-16(23)9-10-28-15-8-6-5-7-12(15)20/h5-8,13H,3-4,9-11H2,1-2H3,(H2,21,22,25). The summed E-state index contributed by atoms with van der Waals surface area (Å²) in [5.41, 5.74) is 0.531. The Bertz CT molecular complexity index is 768. The van der Waals surface area contributed by atoms with Crippen LogP contribution in [-0.2, 0) is 19.1 Å². The van der Waals surface area contributed by atoms with Gasteiger partial charge in [0.15, 0.2) is 0 Å². The number of rotatable bonds is 9. The molecule has 2 amide bonds. The van der Waals surface area contributed by atoms with Gasteiger partial charge in [0.25, 0.3) is 0 Å². The third-order valence-corrected chi connectivity index (χ3v) is 5.44. The Balaban J connectivity index is 1.95. The molecule has 1 heterocycles. The number of benzene rings is 1. The first kappa shape index (κ1) is 22.1. The van der Waals surface area contributed by atoms with Crippen LogP contribution in [0.3, 0.4) is 0 Å². The number of urea groups is 1. The zero-order chi connectivity index (χ0) is 20.5. The predicted molar refractivity (Wildman–Crippen MR) is 107 cm³/mol. The number of hydrogen-bond donors (Lipinski definition) is 2. The average molecular weight is 427 g/mol. The summed E-state index contributed by atoms with van der Waals surface area (Å²) in [6.45, 7) is 3.54. The Morgan fingerprint density at radius 3 is 2.64 bits per heavy atom. The predicted octanol–water partition coefficient (Wildman–Crippen LogP) is 3.27. The summed E-state index contributed by atoms with van der Waals surface area (Å²) in [4.78, 5) is 37.0. The summed E-state index contributed by atoms with van der Waals surface area (Å²) < 4.78 is 10.3. The van der Waals surface area contributed by atoms with Crippen molar-refractivity contribution in [2.45, 2.75) is 37.6 Å². The number of hydrogen-bond acceptors (Lipinski definition) is 6. The molecule has 0 aromatic heterocycles. The highest BCUT2D eigenvalue weighted by Gasteiger charge is 2.31. The van der Waals surface area contributed by atoms with E-state index in [1.54, 1.807) is 13.0 Å². The number of carbonyl (C=O) groups excluding carboxylic acids is 3. The van der Waals surface area contributed by atoms with Gasteiger partial charge in [0.1, 0.15) is 6.61 Å². The largest absolute Gasteiger partial charge is 0.463 e. The highest BCUT2D eigenvalue weighted by atomic mass is 35.5. The van der Waals surface area contributed by atoms with Gasteiger partial charge in [0, 0.05) is 10.6 Å². The van der Waals surface area contributed by atoms with Crippen LogP contribution in [-0.4, -0.2) is 43.0 Å². The maximum atomic E-state index is 12.3. The van der Waals surface area contributed by atoms with Gasteiger partial charge in [0.05, 0.1) is 35.4 Å². The molecule has 0 saturated heterocycles. The van der Waals surface area contributed by atoms with Crippen LogP contribution in [0.4, 0.5) is 4.79 Å². The maximum absolute atomic E-state index is 12.3. The Morgan fingerprint density at radius 2 is 1.96 bits per heavy atom. The average Bonchev–Trinajstić information content (AvgIpc) is 2.67. The van der Waals surface area contributed by atoms with Gasteiger partial charge in [-0.1, -0.05) is 30.7 Å². The summed E-state index contributed by atoms with van der Waals surface area (Å²) in [5.74, 6) is -0.476. The van der Waals surface area contributed by atoms with Gasteiger partial charge < -0.3 is 20.1 Å². The molecule has 0 bridgehead atoms. The number of nitrogens with one attached hydrogen (secondary N) is 2. The Hall–Kier alpha value is -2.19. The molecule has 0 saturated carbocycles. The van der Waals surface area contributed by atoms with Crippen LogP contribution in [0.25, 0.3) is 0 Å². The van der Waals surface area contributed by atoms with Crippen molar-refractivity contribution in [3.05, 3.63) is 40.6 Å². The van der Waals surface area contributed by atoms with E-state index in [0.29, 0.717) is 17.2 Å². The van der Waals surface area contributed by atoms with Crippen molar-refractivity contribution in [2.75, 3.05) is 19.0 Å². The number of amides is 2. The van der Waals surface area contributed by atoms with E-state index >= 15 is 0 Å². The molecule has 2 rings (SSSR count). The molecule has 152 valence electrons. The topological polar surface area (TPSA) is 93.7 Å². The second-order valence-electron chi connectivity index (χ2n) is 5.86. The smallest absolute Gasteiger partial charge is 0.338 e. The quantitative estimate of drug-likeness (QED) is 0.465. The molecule has 1 atom stereocenters. The van der Waals surface area contributed by atoms with Crippen molar-refractivity contribution in [3.8, 4) is 0 Å². The normalized spacial score (nSPS) is 16.2. The van der Waals surface area contributed by atoms with Crippen molar-refractivity contribution in [3.63, 3.8) is 0 Å². The number of carbonyl (C=O) groups is 3. The fourth-order valence-corrected chi connectivity index (χ4v) is 3.78. The minimum absolute atomic E-state index is 0.168. The lowest BCUT2D eigenvalue weighted by Crippen LogP contribution is -2.51. The minimum atomic E-state index is -0.540. The summed E-state index contributed by atoms with van der Waals surface area (Å²) in [6, 6.07) is 6.45. The SMILES string of the molecule is CCOC(=O)C1=C(COC(=O)CCSc2ccccc2Cl)NC(=O)NC1CC. The van der Waals surface area contributed by atoms with Gasteiger partial charge in [-0.2, -0.15) is 0 Å². The first-order valence-corrected chi connectivity index (χ1v) is 10.3. The van der Waals surface area contributed by atoms with Gasteiger partial charge in [-0.15, -0.1) is 11.8 Å². The van der Waals surface area contributed by atoms with E-state index in [4.69, 9.17) is 21.1 Å². The van der Waals surface area contributed by atoms with Crippen LogP contribution in [0.2, 0.25) is 5.02 Å². The van der Waals surface area contributed by atoms with Crippen LogP contribution in [0.15, 0.2) is 40.4 Å². The fraction of sp³-hybridized carbons (Fsp3) is 0.421. The first-order chi connectivity index (χ1) is 13.5. The molecule has 1 aliphatic rings. The monoisotopic (exact) mass is 426 g/mol. The van der Waals surface area contributed by atoms with Crippen LogP contribution < -0.4 is 10.6 Å². The summed E-state index contributed by atoms with van der Waals surface area (Å²) >= 11 is 7.54. The molecule has 7 nitrogen and oxygen atoms in total. The van der Waals surface area contributed by atoms with Gasteiger partial charge in [0.2, 0.25) is 0 Å². The van der Waals surface area contributed by atoms with Gasteiger partial charge in [-0.25, -0.2) is 9.59 Å². The lowest BCUT2D eigenvalue weighted by atomic mass is 10.0. The molecule has 0 radical (unpaired) electrons. The van der Waals surface area contributed by atoms with E-state index in [1.165, 1.54) is 11.8 Å². The zero-order valence-electron chi connectivity index (χ0n) is 15.7. The highest BCUT2D eigenvalue weighted by molar-refractivity contribution is 7.99. The molecule has 0 fully saturated rings. The maximum Gasteiger partial charge on any atom is 0.338 e. The third kappa shape index (κ3) is 6.17. The van der Waals surface area contributed by atoms with Crippen molar-refractivity contribution in [1.29, 1.82) is 0 Å². The Morgan fingerprint density at radius 1 is 1.21 bits per heavy atom. The van der Waals surface area contributed by atoms with E-state index in [0.717, 1.165) is 4.90 Å². The Kier molecular flexibility index (Phi) is 8.66. The van der Waals surface area contributed by atoms with E-state index in [2.05, 4.69) is 10.6 Å². The molecule has 0 spiro atoms. The van der Waals surface area contributed by atoms with E-state index < -0.39 is 24.0 Å². The number of ether oxygens (including phenoxy) is 2. The van der Waals surface area contributed by atoms with Crippen LogP contribution in [0, 0.1) is 0 Å². The van der Waals surface area contributed by atoms with Gasteiger partial charge in [-0.05, 0) is 25.5 Å². The third-order valence-electron chi connectivity index (χ3n) is 3.92. The minimum Gasteiger partial charge on any atom is -0.463 e. The van der Waals surface area contributed by atoms with E-state index in [1.807, 2.05) is 25.1 Å². The molecule has 0 aliphatic carbocycles. The number of halogens is 1. The number of esters is 2. The fourth-order valence-electron chi connectivity index (χ4n) is 2.61. The summed E-state index contributed by atoms with van der Waals surface area (Å²) in [5, 5.41) is 5.84. The first-order valence-electron chi connectivity index (χ1n) is 8.96. The second-order valence-corrected chi connectivity index (χ2v) is 7.41. The molecule has 28 heavy (non-hydrogen) atoms. The molecule has 1 aliphatic heterocycles. The van der Waals surface area contributed by atoms with Crippen molar-refractivity contribution < 1.29 is 23.9 Å². The summed E-state index contributed by atoms with van der Waals surface area (Å²) in [7, 11) is 0. The zero-order valence-corrected chi connectivity index (χ0v) is 17.3. The van der Waals surface area contributed by atoms with Crippen molar-refractivity contribution in [2.24, 2.45) is 0 Å². The van der Waals surface area contributed by atoms with E-state index in [-0.39, 0.29) is 30.9 Å². The van der Waals surface area contributed by atoms with Crippen LogP contribution >= 0.6 is 23.4 Å². The molecule has 1 aromatic carbocycles. The number of thioether (sulfide) groups is 1. The molecule has 1 aromatic rings. The molecule has 9 heteroatoms. The van der Waals surface area contributed by atoms with Crippen LogP contribution in [0.1, 0.15) is 26.7 Å². The molecular weight excluding hydrogens is 404 g/mol. The van der Waals surface area contributed by atoms with Gasteiger partial charge in [-0.3, -0.25) is 4.79 Å². The van der Waals surface area contributed by atoms with E-state index in [9.17, 15) is 14.4 Å². The molecule has 1 unspecified atom stereocenters. The van der Waals surface area contributed by atoms with Crippen molar-refractivity contribution >= 4 is 41.3 Å². The molecular formula is C19H23ClN2O5S. The second kappa shape index (κ2) is 11.0. The summed E-state index contributed by atoms with van der Waals surface area (Å²) in [6.07, 6.45) is 0.675. The van der Waals surface area contributed by atoms with Crippen LogP contribution in [0.5, 0.6) is 0 Å². The Labute approximate surface area is 173 Å². The van der Waals surface area contributed by atoms with Gasteiger partial charge >= 0.3 is 18.0 Å². The molecule has 2 N–H and O–H groups in total. The lowest BCUT2D eigenvalue weighted by molar-refractivity contribution is -0.143.